The van der Waals surface area contributed by atoms with Gasteiger partial charge in [-0.3, -0.25) is 0 Å². The first kappa shape index (κ1) is 18.6. The zero-order chi connectivity index (χ0) is 20.2. The van der Waals surface area contributed by atoms with Crippen LogP contribution in [0.25, 0.3) is 22.8 Å². The summed E-state index contributed by atoms with van der Waals surface area (Å²) in [6, 6.07) is 23.5. The summed E-state index contributed by atoms with van der Waals surface area (Å²) in [7, 11) is 4.97. The van der Waals surface area contributed by atoms with Crippen molar-refractivity contribution in [3.8, 4) is 40.0 Å². The van der Waals surface area contributed by atoms with Gasteiger partial charge in [-0.15, -0.1) is 0 Å². The first-order chi connectivity index (χ1) is 14.2. The molecule has 3 aromatic carbocycles. The molecule has 0 saturated heterocycles. The van der Waals surface area contributed by atoms with Crippen molar-refractivity contribution in [1.82, 2.24) is 9.78 Å². The molecule has 0 amide bonds. The topological polar surface area (TPSA) is 49.4 Å². The van der Waals surface area contributed by atoms with Gasteiger partial charge >= 0.3 is 5.82 Å². The van der Waals surface area contributed by atoms with Crippen molar-refractivity contribution in [2.24, 2.45) is 0 Å². The number of ether oxygens (including phenoxy) is 3. The van der Waals surface area contributed by atoms with E-state index in [1.807, 2.05) is 88.4 Å². The van der Waals surface area contributed by atoms with Gasteiger partial charge in [-0.25, -0.2) is 0 Å². The molecular weight excluding hydrogens is 366 g/mol. The van der Waals surface area contributed by atoms with Gasteiger partial charge in [0.2, 0.25) is 6.33 Å². The smallest absolute Gasteiger partial charge is 0.314 e. The predicted molar refractivity (Wildman–Crippen MR) is 110 cm³/mol. The first-order valence-corrected chi connectivity index (χ1v) is 9.16. The number of hydrogen-bond acceptors (Lipinski definition) is 4. The van der Waals surface area contributed by atoms with Gasteiger partial charge in [0.1, 0.15) is 28.6 Å². The molecule has 0 aliphatic carbocycles. The van der Waals surface area contributed by atoms with E-state index in [1.165, 1.54) is 0 Å². The molecule has 0 radical (unpaired) electrons. The summed E-state index contributed by atoms with van der Waals surface area (Å²) in [5, 5.41) is 4.85. The maximum atomic E-state index is 5.29. The van der Waals surface area contributed by atoms with Crippen LogP contribution in [0.1, 0.15) is 0 Å². The molecule has 0 spiro atoms. The molecule has 0 N–H and O–H groups in total. The Bertz CT molecular complexity index is 1020. The molecule has 0 atom stereocenters. The third-order valence-corrected chi connectivity index (χ3v) is 4.69. The van der Waals surface area contributed by atoms with Crippen LogP contribution in [0.15, 0.2) is 79.1 Å². The van der Waals surface area contributed by atoms with Gasteiger partial charge in [-0.1, -0.05) is 4.68 Å². The molecule has 1 heterocycles. The number of nitrogens with zero attached hydrogens (tertiary/aromatic N) is 3. The van der Waals surface area contributed by atoms with Crippen molar-refractivity contribution in [2.45, 2.75) is 0 Å². The summed E-state index contributed by atoms with van der Waals surface area (Å²) >= 11 is 0. The molecule has 0 bridgehead atoms. The van der Waals surface area contributed by atoms with Gasteiger partial charge in [0.15, 0.2) is 0 Å². The maximum Gasteiger partial charge on any atom is 0.314 e. The number of rotatable bonds is 6. The molecule has 1 aromatic heterocycles. The second-order valence-corrected chi connectivity index (χ2v) is 6.38. The maximum absolute atomic E-state index is 5.29. The minimum absolute atomic E-state index is 0.805. The van der Waals surface area contributed by atoms with Crippen LogP contribution >= 0.6 is 0 Å². The standard InChI is InChI=1S/C23H22N3O3/c1-27-20-10-4-17(5-11-20)23-24-26(19-8-14-22(29-3)15-9-19)16-25(23)18-6-12-21(28-2)13-7-18/h4-16H,1-3H3/q+1. The molecule has 4 aromatic rings. The summed E-state index contributed by atoms with van der Waals surface area (Å²) < 4.78 is 19.7. The molecule has 0 aliphatic heterocycles. The molecule has 146 valence electrons. The van der Waals surface area contributed by atoms with Crippen LogP contribution in [0, 0.1) is 0 Å². The van der Waals surface area contributed by atoms with Crippen LogP contribution < -0.4 is 18.8 Å². The lowest BCUT2D eigenvalue weighted by molar-refractivity contribution is -0.584. The van der Waals surface area contributed by atoms with E-state index in [1.54, 1.807) is 21.3 Å². The number of aromatic nitrogens is 3. The molecule has 29 heavy (non-hydrogen) atoms. The second-order valence-electron chi connectivity index (χ2n) is 6.38. The zero-order valence-electron chi connectivity index (χ0n) is 16.6. The average Bonchev–Trinajstić information content (AvgIpc) is 3.24. The Kier molecular flexibility index (Phi) is 5.16. The van der Waals surface area contributed by atoms with Gasteiger partial charge in [0.05, 0.1) is 32.0 Å². The van der Waals surface area contributed by atoms with E-state index in [0.717, 1.165) is 40.0 Å². The summed E-state index contributed by atoms with van der Waals surface area (Å²) in [5.41, 5.74) is 2.90. The van der Waals surface area contributed by atoms with Crippen LogP contribution in [-0.4, -0.2) is 31.1 Å². The third kappa shape index (κ3) is 3.78. The summed E-state index contributed by atoms with van der Waals surface area (Å²) in [6.07, 6.45) is 1.96. The van der Waals surface area contributed by atoms with Gasteiger partial charge in [-0.05, 0) is 72.8 Å². The van der Waals surface area contributed by atoms with Crippen molar-refractivity contribution in [1.29, 1.82) is 0 Å². The van der Waals surface area contributed by atoms with Crippen molar-refractivity contribution >= 4 is 0 Å². The average molecular weight is 388 g/mol. The number of benzene rings is 3. The Balaban J connectivity index is 1.82. The Morgan fingerprint density at radius 2 is 1.14 bits per heavy atom. The Morgan fingerprint density at radius 1 is 0.655 bits per heavy atom. The highest BCUT2D eigenvalue weighted by molar-refractivity contribution is 5.54. The Labute approximate surface area is 169 Å². The van der Waals surface area contributed by atoms with Crippen LogP contribution in [0.3, 0.4) is 0 Å². The van der Waals surface area contributed by atoms with Gasteiger partial charge in [0.25, 0.3) is 0 Å². The van der Waals surface area contributed by atoms with E-state index in [0.29, 0.717) is 0 Å². The highest BCUT2D eigenvalue weighted by Crippen LogP contribution is 2.22. The molecule has 0 unspecified atom stereocenters. The lowest BCUT2D eigenvalue weighted by Crippen LogP contribution is -2.30. The monoisotopic (exact) mass is 388 g/mol. The molecule has 4 rings (SSSR count). The van der Waals surface area contributed by atoms with Crippen molar-refractivity contribution < 1.29 is 18.8 Å². The van der Waals surface area contributed by atoms with Crippen LogP contribution in [0.4, 0.5) is 0 Å². The lowest BCUT2D eigenvalue weighted by atomic mass is 10.2. The highest BCUT2D eigenvalue weighted by Gasteiger charge is 2.22. The number of hydrogen-bond donors (Lipinski definition) is 0. The fraction of sp³-hybridized carbons (Fsp3) is 0.130. The Hall–Kier alpha value is -3.80. The predicted octanol–water partition coefficient (Wildman–Crippen LogP) is 3.84. The summed E-state index contributed by atoms with van der Waals surface area (Å²) in [4.78, 5) is 0. The van der Waals surface area contributed by atoms with E-state index in [9.17, 15) is 0 Å². The Morgan fingerprint density at radius 3 is 1.66 bits per heavy atom. The van der Waals surface area contributed by atoms with E-state index >= 15 is 0 Å². The second kappa shape index (κ2) is 8.06. The SMILES string of the molecule is COc1ccc(-c2nn(-c3ccc(OC)cc3)c[n+]2-c2ccc(OC)cc2)cc1. The van der Waals surface area contributed by atoms with Gasteiger partial charge in [0, 0.05) is 0 Å². The molecule has 0 fully saturated rings. The van der Waals surface area contributed by atoms with E-state index in [2.05, 4.69) is 0 Å². The molecule has 0 aliphatic rings. The fourth-order valence-electron chi connectivity index (χ4n) is 3.07. The van der Waals surface area contributed by atoms with E-state index < -0.39 is 0 Å². The largest absolute Gasteiger partial charge is 0.497 e. The fourth-order valence-corrected chi connectivity index (χ4v) is 3.07. The van der Waals surface area contributed by atoms with Crippen LogP contribution in [0.2, 0.25) is 0 Å². The molecule has 6 heteroatoms. The normalized spacial score (nSPS) is 10.6. The third-order valence-electron chi connectivity index (χ3n) is 4.69. The number of methoxy groups -OCH3 is 3. The minimum atomic E-state index is 0.805. The molecular formula is C23H22N3O3+. The van der Waals surface area contributed by atoms with E-state index in [4.69, 9.17) is 19.3 Å². The summed E-state index contributed by atoms with van der Waals surface area (Å²) in [5.74, 6) is 3.23. The van der Waals surface area contributed by atoms with Crippen LogP contribution in [-0.2, 0) is 0 Å². The molecule has 6 nitrogen and oxygen atoms in total. The van der Waals surface area contributed by atoms with Crippen molar-refractivity contribution in [3.63, 3.8) is 0 Å². The van der Waals surface area contributed by atoms with Crippen LogP contribution in [0.5, 0.6) is 17.2 Å². The van der Waals surface area contributed by atoms with Gasteiger partial charge < -0.3 is 14.2 Å². The molecule has 0 saturated carbocycles. The minimum Gasteiger partial charge on any atom is -0.497 e. The van der Waals surface area contributed by atoms with Crippen molar-refractivity contribution in [3.05, 3.63) is 79.1 Å². The van der Waals surface area contributed by atoms with E-state index in [-0.39, 0.29) is 0 Å². The highest BCUT2D eigenvalue weighted by atomic mass is 16.5. The summed E-state index contributed by atoms with van der Waals surface area (Å²) in [6.45, 7) is 0. The van der Waals surface area contributed by atoms with Gasteiger partial charge in [-0.2, -0.15) is 4.57 Å². The lowest BCUT2D eigenvalue weighted by Gasteiger charge is -2.03. The van der Waals surface area contributed by atoms with Crippen molar-refractivity contribution in [2.75, 3.05) is 21.3 Å². The first-order valence-electron chi connectivity index (χ1n) is 9.16. The zero-order valence-corrected chi connectivity index (χ0v) is 16.6. The quantitative estimate of drug-likeness (QED) is 0.471.